The Morgan fingerprint density at radius 2 is 2.00 bits per heavy atom. The van der Waals surface area contributed by atoms with Crippen LogP contribution in [-0.4, -0.2) is 42.7 Å². The number of urea groups is 1. The second-order valence-electron chi connectivity index (χ2n) is 6.80. The number of carbonyl (C=O) groups is 3. The molecule has 3 amide bonds. The molecule has 0 saturated carbocycles. The number of amides is 3. The molecule has 0 fully saturated rings. The van der Waals surface area contributed by atoms with Crippen molar-refractivity contribution in [1.29, 1.82) is 0 Å². The van der Waals surface area contributed by atoms with Gasteiger partial charge in [0.05, 0.1) is 7.11 Å². The lowest BCUT2D eigenvalue weighted by Gasteiger charge is -2.15. The number of nitrogens with one attached hydrogen (secondary N) is 2. The molecular formula is C20H25N3O7. The number of fused-ring (bicyclic) bond motifs is 1. The van der Waals surface area contributed by atoms with Crippen LogP contribution in [0.25, 0.3) is 11.0 Å². The number of primary amides is 1. The van der Waals surface area contributed by atoms with E-state index in [0.717, 1.165) is 16.5 Å². The Kier molecular flexibility index (Phi) is 7.79. The van der Waals surface area contributed by atoms with E-state index in [-0.39, 0.29) is 19.4 Å². The molecule has 30 heavy (non-hydrogen) atoms. The van der Waals surface area contributed by atoms with Gasteiger partial charge in [0.15, 0.2) is 0 Å². The minimum Gasteiger partial charge on any atom is -0.496 e. The fraction of sp³-hybridized carbons (Fsp3) is 0.400. The van der Waals surface area contributed by atoms with E-state index in [1.54, 1.807) is 19.1 Å². The quantitative estimate of drug-likeness (QED) is 0.331. The van der Waals surface area contributed by atoms with Crippen molar-refractivity contribution >= 4 is 28.9 Å². The van der Waals surface area contributed by atoms with Crippen molar-refractivity contribution in [2.75, 3.05) is 13.7 Å². The maximum Gasteiger partial charge on any atom is 0.336 e. The number of aryl methyl sites for hydroxylation is 2. The van der Waals surface area contributed by atoms with Crippen molar-refractivity contribution in [1.82, 2.24) is 10.6 Å². The van der Waals surface area contributed by atoms with Crippen LogP contribution in [0.15, 0.2) is 27.4 Å². The highest BCUT2D eigenvalue weighted by atomic mass is 16.5. The van der Waals surface area contributed by atoms with Gasteiger partial charge in [-0.15, -0.1) is 0 Å². The van der Waals surface area contributed by atoms with E-state index in [0.29, 0.717) is 24.2 Å². The Balaban J connectivity index is 2.03. The van der Waals surface area contributed by atoms with E-state index < -0.39 is 29.6 Å². The monoisotopic (exact) mass is 419 g/mol. The van der Waals surface area contributed by atoms with E-state index in [1.165, 1.54) is 13.2 Å². The highest BCUT2D eigenvalue weighted by molar-refractivity contribution is 5.85. The molecule has 162 valence electrons. The molecule has 1 aromatic carbocycles. The van der Waals surface area contributed by atoms with Crippen molar-refractivity contribution < 1.29 is 28.6 Å². The van der Waals surface area contributed by atoms with Crippen LogP contribution in [0.4, 0.5) is 4.79 Å². The molecule has 5 N–H and O–H groups in total. The number of carboxylic acids is 1. The van der Waals surface area contributed by atoms with E-state index >= 15 is 0 Å². The number of nitrogens with two attached hydrogens (primary N) is 1. The lowest BCUT2D eigenvalue weighted by molar-refractivity contribution is -0.142. The summed E-state index contributed by atoms with van der Waals surface area (Å²) in [6.07, 6.45) is 0.849. The number of benzene rings is 1. The summed E-state index contributed by atoms with van der Waals surface area (Å²) in [4.78, 5) is 45.8. The van der Waals surface area contributed by atoms with Crippen LogP contribution in [0, 0.1) is 6.92 Å². The molecule has 0 unspecified atom stereocenters. The second kappa shape index (κ2) is 10.3. The number of rotatable bonds is 10. The van der Waals surface area contributed by atoms with Crippen molar-refractivity contribution in [3.63, 3.8) is 0 Å². The second-order valence-corrected chi connectivity index (χ2v) is 6.80. The molecule has 0 aliphatic carbocycles. The molecule has 0 aliphatic rings. The summed E-state index contributed by atoms with van der Waals surface area (Å²) in [6.45, 7) is 2.01. The van der Waals surface area contributed by atoms with Crippen molar-refractivity contribution in [3.05, 3.63) is 39.7 Å². The van der Waals surface area contributed by atoms with E-state index in [4.69, 9.17) is 14.9 Å². The third-order valence-corrected chi connectivity index (χ3v) is 4.58. The molecule has 2 aromatic rings. The molecule has 10 nitrogen and oxygen atoms in total. The normalized spacial score (nSPS) is 11.7. The zero-order chi connectivity index (χ0) is 22.3. The van der Waals surface area contributed by atoms with Gasteiger partial charge in [-0.1, -0.05) is 0 Å². The zero-order valence-electron chi connectivity index (χ0n) is 16.8. The summed E-state index contributed by atoms with van der Waals surface area (Å²) in [5.41, 5.74) is 6.35. The minimum atomic E-state index is -1.16. The van der Waals surface area contributed by atoms with E-state index in [2.05, 4.69) is 10.6 Å². The molecule has 0 aliphatic heterocycles. The Morgan fingerprint density at radius 3 is 2.63 bits per heavy atom. The molecule has 0 bridgehead atoms. The molecule has 2 rings (SSSR count). The smallest absolute Gasteiger partial charge is 0.336 e. The molecule has 1 atom stereocenters. The molecular weight excluding hydrogens is 394 g/mol. The van der Waals surface area contributed by atoms with Gasteiger partial charge in [0, 0.05) is 30.5 Å². The number of ether oxygens (including phenoxy) is 1. The van der Waals surface area contributed by atoms with Crippen LogP contribution in [0.3, 0.4) is 0 Å². The van der Waals surface area contributed by atoms with Crippen LogP contribution < -0.4 is 26.7 Å². The highest BCUT2D eigenvalue weighted by Crippen LogP contribution is 2.28. The first kappa shape index (κ1) is 22.7. The van der Waals surface area contributed by atoms with Crippen LogP contribution in [0.2, 0.25) is 0 Å². The van der Waals surface area contributed by atoms with Gasteiger partial charge in [0.2, 0.25) is 5.91 Å². The molecule has 0 spiro atoms. The van der Waals surface area contributed by atoms with E-state index in [1.807, 2.05) is 0 Å². The zero-order valence-corrected chi connectivity index (χ0v) is 16.8. The summed E-state index contributed by atoms with van der Waals surface area (Å²) in [6, 6.07) is 3.02. The van der Waals surface area contributed by atoms with Crippen molar-refractivity contribution in [2.45, 2.75) is 38.6 Å². The number of hydrogen-bond acceptors (Lipinski definition) is 6. The topological polar surface area (TPSA) is 161 Å². The lowest BCUT2D eigenvalue weighted by atomic mass is 10.0. The van der Waals surface area contributed by atoms with Crippen molar-refractivity contribution in [3.8, 4) is 5.75 Å². The predicted octanol–water partition coefficient (Wildman–Crippen LogP) is 1.06. The molecule has 1 aromatic heterocycles. The average molecular weight is 419 g/mol. The minimum absolute atomic E-state index is 0.0427. The third kappa shape index (κ3) is 6.23. The fourth-order valence-corrected chi connectivity index (χ4v) is 3.07. The van der Waals surface area contributed by atoms with Gasteiger partial charge < -0.3 is 30.6 Å². The first-order valence-corrected chi connectivity index (χ1v) is 9.38. The Hall–Kier alpha value is -3.56. The van der Waals surface area contributed by atoms with Crippen LogP contribution >= 0.6 is 0 Å². The van der Waals surface area contributed by atoms with Crippen LogP contribution in [0.1, 0.15) is 30.4 Å². The first-order chi connectivity index (χ1) is 14.2. The summed E-state index contributed by atoms with van der Waals surface area (Å²) in [5, 5.41) is 14.9. The predicted molar refractivity (Wildman–Crippen MR) is 108 cm³/mol. The van der Waals surface area contributed by atoms with Gasteiger partial charge >= 0.3 is 17.6 Å². The van der Waals surface area contributed by atoms with Gasteiger partial charge in [-0.05, 0) is 43.4 Å². The molecule has 0 saturated heterocycles. The van der Waals surface area contributed by atoms with Crippen molar-refractivity contribution in [2.24, 2.45) is 5.73 Å². The highest BCUT2D eigenvalue weighted by Gasteiger charge is 2.20. The largest absolute Gasteiger partial charge is 0.496 e. The number of carbonyl (C=O) groups excluding carboxylic acids is 2. The maximum atomic E-state index is 12.3. The molecule has 0 radical (unpaired) electrons. The maximum absolute atomic E-state index is 12.3. The third-order valence-electron chi connectivity index (χ3n) is 4.58. The van der Waals surface area contributed by atoms with Gasteiger partial charge in [0.25, 0.3) is 0 Å². The van der Waals surface area contributed by atoms with Gasteiger partial charge in [-0.2, -0.15) is 0 Å². The lowest BCUT2D eigenvalue weighted by Crippen LogP contribution is -2.41. The van der Waals surface area contributed by atoms with Crippen LogP contribution in [-0.2, 0) is 16.0 Å². The van der Waals surface area contributed by atoms with Gasteiger partial charge in [0.1, 0.15) is 17.4 Å². The molecule has 10 heteroatoms. The molecule has 1 heterocycles. The summed E-state index contributed by atoms with van der Waals surface area (Å²) < 4.78 is 10.5. The summed E-state index contributed by atoms with van der Waals surface area (Å²) in [7, 11) is 1.47. The van der Waals surface area contributed by atoms with Gasteiger partial charge in [-0.3, -0.25) is 4.79 Å². The van der Waals surface area contributed by atoms with E-state index in [9.17, 15) is 24.3 Å². The summed E-state index contributed by atoms with van der Waals surface area (Å²) >= 11 is 0. The Labute approximate surface area is 172 Å². The number of aliphatic carboxylic acids is 1. The Morgan fingerprint density at radius 1 is 1.27 bits per heavy atom. The average Bonchev–Trinajstić information content (AvgIpc) is 2.67. The van der Waals surface area contributed by atoms with Crippen LogP contribution in [0.5, 0.6) is 5.75 Å². The number of carboxylic acid groups (broad SMARTS) is 1. The SMILES string of the molecule is COc1cc2oc(=O)cc(C)c2cc1CCC(=O)N[C@@H](CCCNC(N)=O)C(=O)O. The number of methoxy groups -OCH3 is 1. The number of hydrogen-bond donors (Lipinski definition) is 4. The fourth-order valence-electron chi connectivity index (χ4n) is 3.07. The standard InChI is InChI=1S/C20H25N3O7/c1-11-8-18(25)30-16-10-15(29-2)12(9-13(11)16)5-6-17(24)23-14(19(26)27)4-3-7-22-20(21)28/h8-10,14H,3-7H2,1-2H3,(H,23,24)(H,26,27)(H3,21,22,28)/t14-/m0/s1. The Bertz CT molecular complexity index is 1000. The summed E-state index contributed by atoms with van der Waals surface area (Å²) in [5.74, 6) is -1.11. The van der Waals surface area contributed by atoms with Gasteiger partial charge in [-0.25, -0.2) is 14.4 Å². The first-order valence-electron chi connectivity index (χ1n) is 9.38.